The predicted octanol–water partition coefficient (Wildman–Crippen LogP) is 11.3. The van der Waals surface area contributed by atoms with Crippen molar-refractivity contribution in [2.24, 2.45) is 0 Å². The van der Waals surface area contributed by atoms with E-state index in [0.717, 1.165) is 105 Å². The first-order valence-electron chi connectivity index (χ1n) is 23.4. The molecule has 2 heterocycles. The van der Waals surface area contributed by atoms with Crippen LogP contribution in [0.4, 0.5) is 15.8 Å². The second kappa shape index (κ2) is 35.6. The summed E-state index contributed by atoms with van der Waals surface area (Å²) in [5.74, 6) is -0.284. The number of thiocarbonyl (C=S) groups is 1. The molecule has 1 saturated heterocycles. The summed E-state index contributed by atoms with van der Waals surface area (Å²) in [6.45, 7) is 38.3. The van der Waals surface area contributed by atoms with E-state index in [-0.39, 0.29) is 5.82 Å². The molecule has 3 aromatic rings. The summed E-state index contributed by atoms with van der Waals surface area (Å²) in [4.78, 5) is 8.38. The highest BCUT2D eigenvalue weighted by atomic mass is 32.1. The van der Waals surface area contributed by atoms with Gasteiger partial charge in [-0.25, -0.2) is 9.40 Å². The van der Waals surface area contributed by atoms with Gasteiger partial charge in [-0.05, 0) is 131 Å². The van der Waals surface area contributed by atoms with Gasteiger partial charge in [-0.15, -0.1) is 19.7 Å². The molecule has 0 bridgehead atoms. The van der Waals surface area contributed by atoms with E-state index in [4.69, 9.17) is 5.73 Å². The molecule has 11 heteroatoms. The quantitative estimate of drug-likeness (QED) is 0.0147. The summed E-state index contributed by atoms with van der Waals surface area (Å²) in [6.07, 6.45) is 18.6. The number of likely N-dealkylation sites (N-methyl/N-ethyl adjacent to an activating group) is 1. The number of aromatic nitrogens is 1. The Bertz CT molecular complexity index is 1850. The molecule has 0 amide bonds. The molecule has 360 valence electrons. The van der Waals surface area contributed by atoms with Gasteiger partial charge in [0.15, 0.2) is 0 Å². The summed E-state index contributed by atoms with van der Waals surface area (Å²) in [5, 5.41) is 14.3. The molecule has 4 rings (SSSR count). The average molecular weight is 912 g/mol. The molecule has 0 spiro atoms. The van der Waals surface area contributed by atoms with Gasteiger partial charge in [-0.1, -0.05) is 88.0 Å². The molecule has 2 aromatic carbocycles. The molecule has 7 N–H and O–H groups in total. The van der Waals surface area contributed by atoms with Crippen molar-refractivity contribution >= 4 is 52.8 Å². The molecule has 1 fully saturated rings. The number of hydrogen-bond donors (Lipinski definition) is 6. The minimum absolute atomic E-state index is 0.284. The monoisotopic (exact) mass is 912 g/mol. The second-order valence-corrected chi connectivity index (χ2v) is 16.6. The fourth-order valence-electron chi connectivity index (χ4n) is 7.42. The number of hydrazine groups is 1. The average Bonchev–Trinajstić information content (AvgIpc) is 3.58. The number of aryl methyl sites for hydroxylation is 1. The Labute approximate surface area is 400 Å². The number of nitrogen functional groups attached to an aromatic ring is 1. The highest BCUT2D eigenvalue weighted by molar-refractivity contribution is 7.78. The highest BCUT2D eigenvalue weighted by Gasteiger charge is 2.17. The number of hydrogen-bond acceptors (Lipinski definition) is 9. The van der Waals surface area contributed by atoms with Crippen LogP contribution in [-0.2, 0) is 6.54 Å². The number of rotatable bonds is 27. The first-order valence-corrected chi connectivity index (χ1v) is 23.9. The Balaban J connectivity index is 0.000000605. The third-order valence-corrected chi connectivity index (χ3v) is 11.6. The summed E-state index contributed by atoms with van der Waals surface area (Å²) in [5.41, 5.74) is 20.5. The van der Waals surface area contributed by atoms with Crippen LogP contribution in [0.3, 0.4) is 0 Å². The molecule has 1 aliphatic rings. The number of anilines is 2. The lowest BCUT2D eigenvalue weighted by atomic mass is 10.0. The Hall–Kier alpha value is -4.62. The first-order chi connectivity index (χ1) is 31.4. The van der Waals surface area contributed by atoms with Gasteiger partial charge >= 0.3 is 0 Å². The molecule has 1 aliphatic heterocycles. The Morgan fingerprint density at radius 3 is 2.15 bits per heavy atom. The van der Waals surface area contributed by atoms with Gasteiger partial charge in [0.2, 0.25) is 0 Å². The van der Waals surface area contributed by atoms with Crippen LogP contribution >= 0.6 is 12.2 Å². The van der Waals surface area contributed by atoms with E-state index in [9.17, 15) is 4.39 Å². The molecule has 0 saturated carbocycles. The van der Waals surface area contributed by atoms with Gasteiger partial charge in [0, 0.05) is 107 Å². The molecular formula is C54H86FN9S. The minimum Gasteiger partial charge on any atom is -0.398 e. The zero-order valence-electron chi connectivity index (χ0n) is 41.2. The molecule has 1 aromatic heterocycles. The topological polar surface area (TPSA) is 99.6 Å². The number of H-pyrrole nitrogens is 1. The number of piperazine rings is 1. The van der Waals surface area contributed by atoms with Crippen molar-refractivity contribution in [2.75, 3.05) is 91.1 Å². The van der Waals surface area contributed by atoms with E-state index in [0.29, 0.717) is 5.69 Å². The van der Waals surface area contributed by atoms with Crippen LogP contribution in [0.25, 0.3) is 23.8 Å². The fraction of sp³-hybridized carbons (Fsp3) is 0.463. The lowest BCUT2D eigenvalue weighted by Crippen LogP contribution is -2.48. The molecular weight excluding hydrogens is 826 g/mol. The maximum Gasteiger partial charge on any atom is 0.123 e. The lowest BCUT2D eigenvalue weighted by Gasteiger charge is -2.35. The number of nitrogens with two attached hydrogens (primary N) is 1. The lowest BCUT2D eigenvalue weighted by molar-refractivity contribution is 0.140. The van der Waals surface area contributed by atoms with Gasteiger partial charge in [0.25, 0.3) is 0 Å². The minimum atomic E-state index is -0.284. The summed E-state index contributed by atoms with van der Waals surface area (Å²) < 4.78 is 13.3. The maximum atomic E-state index is 13.3. The summed E-state index contributed by atoms with van der Waals surface area (Å²) >= 11 is 4.61. The zero-order valence-corrected chi connectivity index (χ0v) is 42.1. The molecule has 0 unspecified atom stereocenters. The van der Waals surface area contributed by atoms with Gasteiger partial charge in [-0.2, -0.15) is 0 Å². The van der Waals surface area contributed by atoms with Crippen LogP contribution in [0.2, 0.25) is 0 Å². The van der Waals surface area contributed by atoms with E-state index >= 15 is 0 Å². The molecule has 65 heavy (non-hydrogen) atoms. The first kappa shape index (κ1) is 58.4. The number of benzene rings is 2. The number of allylic oxidation sites excluding steroid dienone is 2. The number of nitrogens with zero attached hydrogens (tertiary/aromatic N) is 3. The van der Waals surface area contributed by atoms with E-state index in [1.54, 1.807) is 11.4 Å². The van der Waals surface area contributed by atoms with Crippen molar-refractivity contribution < 1.29 is 4.39 Å². The molecule has 0 radical (unpaired) electrons. The smallest absolute Gasteiger partial charge is 0.123 e. The van der Waals surface area contributed by atoms with Gasteiger partial charge in [0.05, 0.1) is 0 Å². The second-order valence-electron chi connectivity index (χ2n) is 16.3. The van der Waals surface area contributed by atoms with Crippen LogP contribution in [0, 0.1) is 19.7 Å². The van der Waals surface area contributed by atoms with Crippen LogP contribution in [0.1, 0.15) is 104 Å². The van der Waals surface area contributed by atoms with Crippen LogP contribution in [-0.4, -0.2) is 105 Å². The van der Waals surface area contributed by atoms with E-state index in [1.165, 1.54) is 86.3 Å². The van der Waals surface area contributed by atoms with Gasteiger partial charge in [0.1, 0.15) is 5.82 Å². The normalized spacial score (nSPS) is 12.7. The fourth-order valence-corrected chi connectivity index (χ4v) is 7.58. The Morgan fingerprint density at radius 1 is 0.892 bits per heavy atom. The van der Waals surface area contributed by atoms with E-state index in [2.05, 4.69) is 118 Å². The molecule has 0 atom stereocenters. The SMILES string of the molecule is C=C.C=CCCCC=S.C=Cc1c(C)[nH]c(/C=C(\C)c2cc(F)ccc2N)c1C.C=Cc1cccc(NCCCCCCCCNC(=C)CN2CCN(CCNC)CC2)c1CN(C)NC. The maximum absolute atomic E-state index is 13.3. The van der Waals surface area contributed by atoms with Crippen molar-refractivity contribution in [1.29, 1.82) is 0 Å². The summed E-state index contributed by atoms with van der Waals surface area (Å²) in [7, 11) is 6.03. The molecule has 9 nitrogen and oxygen atoms in total. The molecule has 0 aliphatic carbocycles. The van der Waals surface area contributed by atoms with Crippen LogP contribution < -0.4 is 27.1 Å². The zero-order chi connectivity index (χ0) is 48.4. The predicted molar refractivity (Wildman–Crippen MR) is 291 cm³/mol. The standard InChI is InChI=1S/C29H53N7.C17H19FN2.C6H10S.C2H4/c1-6-27-14-13-15-29(28(27)25-34(5)31-4)33-17-12-10-8-7-9-11-16-32-26(2)24-36-22-20-35(21-23-36)19-18-30-3;1-5-14-11(3)17(20-12(14)4)8-10(2)15-9-13(18)6-7-16(15)19;1-2-3-4-5-6-7;1-2/h6,13-15,30-33H,1-2,7-12,16-25H2,3-5H3;5-9,20H,1,19H2,2-4H3;2,6H,1,3-5H2;1-2H2/b;10-8+;;. The number of halogens is 1. The van der Waals surface area contributed by atoms with Crippen LogP contribution in [0.15, 0.2) is 87.6 Å². The van der Waals surface area contributed by atoms with Crippen molar-refractivity contribution in [3.63, 3.8) is 0 Å². The van der Waals surface area contributed by atoms with E-state index < -0.39 is 0 Å². The summed E-state index contributed by atoms with van der Waals surface area (Å²) in [6, 6.07) is 10.8. The highest BCUT2D eigenvalue weighted by Crippen LogP contribution is 2.27. The van der Waals surface area contributed by atoms with Gasteiger partial charge in [-0.3, -0.25) is 15.2 Å². The van der Waals surface area contributed by atoms with Crippen LogP contribution in [0.5, 0.6) is 0 Å². The number of aromatic amines is 1. The number of unbranched alkanes of at least 4 members (excludes halogenated alkanes) is 7. The third kappa shape index (κ3) is 23.4. The number of nitrogens with one attached hydrogen (secondary N) is 5. The van der Waals surface area contributed by atoms with Crippen molar-refractivity contribution in [3.05, 3.63) is 133 Å². The largest absolute Gasteiger partial charge is 0.398 e. The van der Waals surface area contributed by atoms with Crippen molar-refractivity contribution in [3.8, 4) is 0 Å². The van der Waals surface area contributed by atoms with Crippen molar-refractivity contribution in [2.45, 2.75) is 85.1 Å². The Kier molecular flexibility index (Phi) is 32.0. The van der Waals surface area contributed by atoms with E-state index in [1.807, 2.05) is 59.2 Å². The van der Waals surface area contributed by atoms with Gasteiger partial charge < -0.3 is 26.7 Å². The Morgan fingerprint density at radius 2 is 1.55 bits per heavy atom. The van der Waals surface area contributed by atoms with Crippen molar-refractivity contribution in [1.82, 2.24) is 35.9 Å². The third-order valence-electron chi connectivity index (χ3n) is 11.3.